The van der Waals surface area contributed by atoms with Crippen molar-refractivity contribution < 1.29 is 4.79 Å². The van der Waals surface area contributed by atoms with Crippen molar-refractivity contribution in [3.8, 4) is 0 Å². The molecule has 0 aliphatic carbocycles. The zero-order chi connectivity index (χ0) is 9.03. The Morgan fingerprint density at radius 2 is 2.50 bits per heavy atom. The third kappa shape index (κ3) is 1.58. The quantitative estimate of drug-likeness (QED) is 0.645. The normalized spacial score (nSPS) is 28.8. The van der Waals surface area contributed by atoms with Crippen LogP contribution in [0.25, 0.3) is 0 Å². The summed E-state index contributed by atoms with van der Waals surface area (Å²) in [5.74, 6) is 0.168. The minimum absolute atomic E-state index is 0.168. The second kappa shape index (κ2) is 3.85. The maximum Gasteiger partial charge on any atom is 0.175 e. The fourth-order valence-corrected chi connectivity index (χ4v) is 1.98. The van der Waals surface area contributed by atoms with Crippen LogP contribution in [0.1, 0.15) is 32.6 Å². The molecule has 12 heavy (non-hydrogen) atoms. The lowest BCUT2D eigenvalue weighted by Crippen LogP contribution is -2.46. The monoisotopic (exact) mass is 167 g/mol. The molecule has 0 spiro atoms. The van der Waals surface area contributed by atoms with Gasteiger partial charge < -0.3 is 5.32 Å². The van der Waals surface area contributed by atoms with Crippen molar-refractivity contribution in [1.29, 1.82) is 0 Å². The fraction of sp³-hybridized carbons (Fsp3) is 0.700. The molecule has 1 heterocycles. The van der Waals surface area contributed by atoms with E-state index in [1.807, 2.05) is 0 Å². The molecule has 0 aromatic carbocycles. The lowest BCUT2D eigenvalue weighted by molar-refractivity contribution is -0.120. The Bertz CT molecular complexity index is 180. The predicted octanol–water partition coefficient (Wildman–Crippen LogP) is 1.66. The first-order valence-corrected chi connectivity index (χ1v) is 4.67. The molecule has 1 aliphatic heterocycles. The van der Waals surface area contributed by atoms with Gasteiger partial charge in [0, 0.05) is 0 Å². The number of rotatable bonds is 4. The van der Waals surface area contributed by atoms with E-state index in [1.54, 1.807) is 0 Å². The van der Waals surface area contributed by atoms with Gasteiger partial charge in [0.05, 0.1) is 5.54 Å². The lowest BCUT2D eigenvalue weighted by Gasteiger charge is -2.25. The Morgan fingerprint density at radius 3 is 2.92 bits per heavy atom. The van der Waals surface area contributed by atoms with Crippen molar-refractivity contribution >= 4 is 5.78 Å². The van der Waals surface area contributed by atoms with Gasteiger partial charge in [0.25, 0.3) is 0 Å². The number of nitrogens with one attached hydrogen (secondary N) is 1. The predicted molar refractivity (Wildman–Crippen MR) is 50.1 cm³/mol. The highest BCUT2D eigenvalue weighted by Gasteiger charge is 2.37. The van der Waals surface area contributed by atoms with E-state index < -0.39 is 0 Å². The van der Waals surface area contributed by atoms with E-state index in [2.05, 4.69) is 18.8 Å². The van der Waals surface area contributed by atoms with Gasteiger partial charge in [0.2, 0.25) is 0 Å². The number of carbonyl (C=O) groups is 1. The van der Waals surface area contributed by atoms with Crippen molar-refractivity contribution in [2.24, 2.45) is 0 Å². The highest BCUT2D eigenvalue weighted by Crippen LogP contribution is 2.25. The molecular weight excluding hydrogens is 150 g/mol. The SMILES string of the molecule is C=CC(=O)C1(CCC)CCCN1. The molecule has 0 bridgehead atoms. The molecule has 0 amide bonds. The van der Waals surface area contributed by atoms with E-state index in [-0.39, 0.29) is 11.3 Å². The fourth-order valence-electron chi connectivity index (χ4n) is 1.98. The van der Waals surface area contributed by atoms with Gasteiger partial charge in [-0.25, -0.2) is 0 Å². The highest BCUT2D eigenvalue weighted by molar-refractivity contribution is 5.97. The van der Waals surface area contributed by atoms with Crippen LogP contribution in [0, 0.1) is 0 Å². The van der Waals surface area contributed by atoms with Crippen LogP contribution in [0.5, 0.6) is 0 Å². The molecular formula is C10H17NO. The first-order valence-electron chi connectivity index (χ1n) is 4.67. The topological polar surface area (TPSA) is 29.1 Å². The maximum atomic E-state index is 11.5. The number of hydrogen-bond acceptors (Lipinski definition) is 2. The standard InChI is InChI=1S/C10H17NO/c1-3-6-10(9(12)4-2)7-5-8-11-10/h4,11H,2-3,5-8H2,1H3. The molecule has 1 fully saturated rings. The molecule has 1 unspecified atom stereocenters. The Morgan fingerprint density at radius 1 is 1.75 bits per heavy atom. The first kappa shape index (κ1) is 9.46. The summed E-state index contributed by atoms with van der Waals surface area (Å²) in [5, 5.41) is 3.30. The molecule has 1 atom stereocenters. The largest absolute Gasteiger partial charge is 0.305 e. The summed E-state index contributed by atoms with van der Waals surface area (Å²) >= 11 is 0. The van der Waals surface area contributed by atoms with Crippen LogP contribution in [-0.4, -0.2) is 17.9 Å². The van der Waals surface area contributed by atoms with Crippen molar-refractivity contribution in [1.82, 2.24) is 5.32 Å². The van der Waals surface area contributed by atoms with Crippen LogP contribution >= 0.6 is 0 Å². The summed E-state index contributed by atoms with van der Waals surface area (Å²) in [4.78, 5) is 11.5. The molecule has 2 nitrogen and oxygen atoms in total. The van der Waals surface area contributed by atoms with Gasteiger partial charge in [-0.15, -0.1) is 0 Å². The zero-order valence-electron chi connectivity index (χ0n) is 7.73. The van der Waals surface area contributed by atoms with Crippen LogP contribution in [0.3, 0.4) is 0 Å². The third-order valence-electron chi connectivity index (χ3n) is 2.58. The van der Waals surface area contributed by atoms with Gasteiger partial charge in [-0.05, 0) is 31.9 Å². The van der Waals surface area contributed by atoms with E-state index in [9.17, 15) is 4.79 Å². The molecule has 1 saturated heterocycles. The molecule has 2 heteroatoms. The average molecular weight is 167 g/mol. The molecule has 68 valence electrons. The average Bonchev–Trinajstić information content (AvgIpc) is 2.53. The Kier molecular flexibility index (Phi) is 3.04. The van der Waals surface area contributed by atoms with Crippen molar-refractivity contribution in [2.75, 3.05) is 6.54 Å². The van der Waals surface area contributed by atoms with E-state index in [0.717, 1.165) is 32.2 Å². The van der Waals surface area contributed by atoms with Crippen molar-refractivity contribution in [3.05, 3.63) is 12.7 Å². The maximum absolute atomic E-state index is 11.5. The summed E-state index contributed by atoms with van der Waals surface area (Å²) in [6, 6.07) is 0. The van der Waals surface area contributed by atoms with Gasteiger partial charge >= 0.3 is 0 Å². The summed E-state index contributed by atoms with van der Waals surface area (Å²) in [5.41, 5.74) is -0.253. The third-order valence-corrected chi connectivity index (χ3v) is 2.58. The molecule has 0 radical (unpaired) electrons. The first-order chi connectivity index (χ1) is 5.75. The smallest absolute Gasteiger partial charge is 0.175 e. The van der Waals surface area contributed by atoms with Crippen LogP contribution in [-0.2, 0) is 4.79 Å². The number of hydrogen-bond donors (Lipinski definition) is 1. The Balaban J connectivity index is 2.70. The van der Waals surface area contributed by atoms with Gasteiger partial charge in [0.15, 0.2) is 5.78 Å². The molecule has 1 rings (SSSR count). The zero-order valence-corrected chi connectivity index (χ0v) is 7.73. The minimum Gasteiger partial charge on any atom is -0.305 e. The number of carbonyl (C=O) groups excluding carboxylic acids is 1. The molecule has 1 aliphatic rings. The highest BCUT2D eigenvalue weighted by atomic mass is 16.1. The van der Waals surface area contributed by atoms with Gasteiger partial charge in [-0.2, -0.15) is 0 Å². The summed E-state index contributed by atoms with van der Waals surface area (Å²) < 4.78 is 0. The van der Waals surface area contributed by atoms with Crippen molar-refractivity contribution in [3.63, 3.8) is 0 Å². The Labute approximate surface area is 74.0 Å². The van der Waals surface area contributed by atoms with E-state index in [0.29, 0.717) is 0 Å². The lowest BCUT2D eigenvalue weighted by atomic mass is 9.87. The molecule has 0 aromatic heterocycles. The van der Waals surface area contributed by atoms with E-state index >= 15 is 0 Å². The van der Waals surface area contributed by atoms with E-state index in [1.165, 1.54) is 6.08 Å². The van der Waals surface area contributed by atoms with Gasteiger partial charge in [-0.3, -0.25) is 4.79 Å². The second-order valence-electron chi connectivity index (χ2n) is 3.43. The van der Waals surface area contributed by atoms with Crippen LogP contribution in [0.2, 0.25) is 0 Å². The minimum atomic E-state index is -0.253. The van der Waals surface area contributed by atoms with Crippen molar-refractivity contribution in [2.45, 2.75) is 38.1 Å². The van der Waals surface area contributed by atoms with Crippen LogP contribution in [0.15, 0.2) is 12.7 Å². The summed E-state index contributed by atoms with van der Waals surface area (Å²) in [6.07, 6.45) is 5.53. The molecule has 0 aromatic rings. The molecule has 1 N–H and O–H groups in total. The second-order valence-corrected chi connectivity index (χ2v) is 3.43. The van der Waals surface area contributed by atoms with Crippen LogP contribution < -0.4 is 5.32 Å². The van der Waals surface area contributed by atoms with Gasteiger partial charge in [0.1, 0.15) is 0 Å². The van der Waals surface area contributed by atoms with Crippen LogP contribution in [0.4, 0.5) is 0 Å². The summed E-state index contributed by atoms with van der Waals surface area (Å²) in [7, 11) is 0. The van der Waals surface area contributed by atoms with Gasteiger partial charge in [-0.1, -0.05) is 19.9 Å². The Hall–Kier alpha value is -0.630. The summed E-state index contributed by atoms with van der Waals surface area (Å²) in [6.45, 7) is 6.62. The number of ketones is 1. The molecule has 0 saturated carbocycles. The van der Waals surface area contributed by atoms with E-state index in [4.69, 9.17) is 0 Å².